The van der Waals surface area contributed by atoms with Crippen LogP contribution < -0.4 is 20.1 Å². The van der Waals surface area contributed by atoms with Crippen molar-refractivity contribution in [2.75, 3.05) is 19.0 Å². The summed E-state index contributed by atoms with van der Waals surface area (Å²) >= 11 is 1.50. The van der Waals surface area contributed by atoms with Gasteiger partial charge in [0, 0.05) is 11.4 Å². The molecule has 0 saturated heterocycles. The Balaban J connectivity index is 1.47. The number of rotatable bonds is 8. The van der Waals surface area contributed by atoms with E-state index in [2.05, 4.69) is 10.6 Å². The van der Waals surface area contributed by atoms with E-state index in [1.807, 2.05) is 42.5 Å². The Morgan fingerprint density at radius 1 is 0.969 bits per heavy atom. The summed E-state index contributed by atoms with van der Waals surface area (Å²) < 4.78 is 10.9. The molecule has 32 heavy (non-hydrogen) atoms. The first-order chi connectivity index (χ1) is 15.7. The average Bonchev–Trinajstić information content (AvgIpc) is 3.19. The molecule has 1 aliphatic rings. The van der Waals surface area contributed by atoms with Gasteiger partial charge in [-0.3, -0.25) is 9.59 Å². The molecule has 1 heterocycles. The zero-order chi connectivity index (χ0) is 22.3. The number of para-hydroxylation sites is 2. The quantitative estimate of drug-likeness (QED) is 0.527. The van der Waals surface area contributed by atoms with E-state index < -0.39 is 0 Å². The Morgan fingerprint density at radius 2 is 1.69 bits per heavy atom. The second kappa shape index (κ2) is 10.3. The van der Waals surface area contributed by atoms with Gasteiger partial charge in [-0.05, 0) is 48.9 Å². The molecular formula is C25H26N2O4S. The predicted octanol–water partition coefficient (Wildman–Crippen LogP) is 4.58. The van der Waals surface area contributed by atoms with Crippen LogP contribution in [0.1, 0.15) is 39.2 Å². The molecule has 4 rings (SSSR count). The van der Waals surface area contributed by atoms with Gasteiger partial charge >= 0.3 is 0 Å². The number of hydrogen-bond donors (Lipinski definition) is 2. The number of benzene rings is 2. The van der Waals surface area contributed by atoms with Gasteiger partial charge in [-0.2, -0.15) is 0 Å². The number of carbonyl (C=O) groups excluding carboxylic acids is 2. The first kappa shape index (κ1) is 21.9. The van der Waals surface area contributed by atoms with Crippen molar-refractivity contribution in [2.45, 2.75) is 32.2 Å². The van der Waals surface area contributed by atoms with E-state index in [1.54, 1.807) is 19.2 Å². The number of methoxy groups -OCH3 is 1. The highest BCUT2D eigenvalue weighted by molar-refractivity contribution is 7.17. The minimum absolute atomic E-state index is 0.158. The van der Waals surface area contributed by atoms with E-state index in [0.717, 1.165) is 36.8 Å². The lowest BCUT2D eigenvalue weighted by Crippen LogP contribution is -2.26. The number of aryl methyl sites for hydroxylation is 1. The second-order valence-corrected chi connectivity index (χ2v) is 8.68. The number of hydrogen-bond acceptors (Lipinski definition) is 5. The molecule has 0 fully saturated rings. The first-order valence-electron chi connectivity index (χ1n) is 10.7. The molecule has 7 heteroatoms. The van der Waals surface area contributed by atoms with Crippen molar-refractivity contribution >= 4 is 28.2 Å². The molecule has 2 amide bonds. The van der Waals surface area contributed by atoms with Crippen molar-refractivity contribution in [3.05, 3.63) is 76.2 Å². The fourth-order valence-electron chi connectivity index (χ4n) is 3.80. The van der Waals surface area contributed by atoms with Crippen LogP contribution in [-0.2, 0) is 24.2 Å². The largest absolute Gasteiger partial charge is 0.493 e. The lowest BCUT2D eigenvalue weighted by molar-refractivity contribution is -0.118. The van der Waals surface area contributed by atoms with E-state index in [-0.39, 0.29) is 18.4 Å². The molecule has 0 bridgehead atoms. The SMILES string of the molecule is COc1ccccc1OCC(=O)Nc1sc2c(c1C(=O)NCc1ccccc1)CCCC2. The molecule has 2 aromatic carbocycles. The Labute approximate surface area is 191 Å². The summed E-state index contributed by atoms with van der Waals surface area (Å²) in [7, 11) is 1.55. The molecule has 0 spiro atoms. The molecule has 0 aliphatic heterocycles. The van der Waals surface area contributed by atoms with Crippen LogP contribution in [0.5, 0.6) is 11.5 Å². The maximum atomic E-state index is 13.1. The highest BCUT2D eigenvalue weighted by Gasteiger charge is 2.26. The summed E-state index contributed by atoms with van der Waals surface area (Å²) in [5, 5.41) is 6.51. The molecule has 0 saturated carbocycles. The number of thiophene rings is 1. The number of anilines is 1. The zero-order valence-corrected chi connectivity index (χ0v) is 18.8. The minimum atomic E-state index is -0.313. The van der Waals surface area contributed by atoms with Crippen LogP contribution in [0, 0.1) is 0 Å². The number of carbonyl (C=O) groups is 2. The van der Waals surface area contributed by atoms with Gasteiger partial charge in [0.15, 0.2) is 18.1 Å². The van der Waals surface area contributed by atoms with Gasteiger partial charge in [-0.15, -0.1) is 11.3 Å². The fourth-order valence-corrected chi connectivity index (χ4v) is 5.11. The molecule has 1 aromatic heterocycles. The van der Waals surface area contributed by atoms with Gasteiger partial charge in [0.2, 0.25) is 0 Å². The van der Waals surface area contributed by atoms with E-state index in [1.165, 1.54) is 16.2 Å². The summed E-state index contributed by atoms with van der Waals surface area (Å²) in [5.74, 6) is 0.588. The predicted molar refractivity (Wildman–Crippen MR) is 126 cm³/mol. The summed E-state index contributed by atoms with van der Waals surface area (Å²) in [6.07, 6.45) is 3.94. The van der Waals surface area contributed by atoms with Crippen LogP contribution in [0.15, 0.2) is 54.6 Å². The summed E-state index contributed by atoms with van der Waals surface area (Å²) in [4.78, 5) is 26.9. The molecule has 1 aliphatic carbocycles. The molecule has 3 aromatic rings. The van der Waals surface area contributed by atoms with Crippen molar-refractivity contribution < 1.29 is 19.1 Å². The molecule has 0 atom stereocenters. The van der Waals surface area contributed by atoms with Crippen LogP contribution in [0.4, 0.5) is 5.00 Å². The number of fused-ring (bicyclic) bond motifs is 1. The van der Waals surface area contributed by atoms with Gasteiger partial charge in [0.05, 0.1) is 12.7 Å². The maximum absolute atomic E-state index is 13.1. The second-order valence-electron chi connectivity index (χ2n) is 7.57. The van der Waals surface area contributed by atoms with Gasteiger partial charge in [0.1, 0.15) is 5.00 Å². The lowest BCUT2D eigenvalue weighted by atomic mass is 9.95. The standard InChI is InChI=1S/C25H26N2O4S/c1-30-19-12-6-7-13-20(19)31-16-22(28)27-25-23(18-11-5-8-14-21(18)32-25)24(29)26-15-17-9-3-2-4-10-17/h2-4,6-7,9-10,12-13H,5,8,11,14-16H2,1H3,(H,26,29)(H,27,28). The molecule has 0 unspecified atom stereocenters. The van der Waals surface area contributed by atoms with Gasteiger partial charge < -0.3 is 20.1 Å². The molecular weight excluding hydrogens is 424 g/mol. The normalized spacial score (nSPS) is 12.5. The Kier molecular flexibility index (Phi) is 7.07. The summed E-state index contributed by atoms with van der Waals surface area (Å²) in [5.41, 5.74) is 2.68. The van der Waals surface area contributed by atoms with Crippen molar-refractivity contribution in [2.24, 2.45) is 0 Å². The monoisotopic (exact) mass is 450 g/mol. The van der Waals surface area contributed by atoms with Crippen LogP contribution in [0.2, 0.25) is 0 Å². The summed E-state index contributed by atoms with van der Waals surface area (Å²) in [6, 6.07) is 17.0. The topological polar surface area (TPSA) is 76.7 Å². The third kappa shape index (κ3) is 5.11. The first-order valence-corrected chi connectivity index (χ1v) is 11.5. The summed E-state index contributed by atoms with van der Waals surface area (Å²) in [6.45, 7) is 0.266. The number of ether oxygens (including phenoxy) is 2. The van der Waals surface area contributed by atoms with Crippen molar-refractivity contribution in [3.8, 4) is 11.5 Å². The Hall–Kier alpha value is -3.32. The van der Waals surface area contributed by atoms with Gasteiger partial charge in [-0.1, -0.05) is 42.5 Å². The third-order valence-corrected chi connectivity index (χ3v) is 6.58. The van der Waals surface area contributed by atoms with Crippen LogP contribution in [0.25, 0.3) is 0 Å². The van der Waals surface area contributed by atoms with Crippen molar-refractivity contribution in [3.63, 3.8) is 0 Å². The van der Waals surface area contributed by atoms with Crippen molar-refractivity contribution in [1.82, 2.24) is 5.32 Å². The van der Waals surface area contributed by atoms with E-state index >= 15 is 0 Å². The average molecular weight is 451 g/mol. The third-order valence-electron chi connectivity index (χ3n) is 5.38. The zero-order valence-electron chi connectivity index (χ0n) is 18.0. The van der Waals surface area contributed by atoms with Gasteiger partial charge in [0.25, 0.3) is 11.8 Å². The van der Waals surface area contributed by atoms with Crippen LogP contribution in [0.3, 0.4) is 0 Å². The Morgan fingerprint density at radius 3 is 2.47 bits per heavy atom. The fraction of sp³-hybridized carbons (Fsp3) is 0.280. The highest BCUT2D eigenvalue weighted by Crippen LogP contribution is 2.38. The molecule has 166 valence electrons. The molecule has 2 N–H and O–H groups in total. The number of amides is 2. The van der Waals surface area contributed by atoms with E-state index in [4.69, 9.17) is 9.47 Å². The molecule has 0 radical (unpaired) electrons. The number of nitrogens with one attached hydrogen (secondary N) is 2. The van der Waals surface area contributed by atoms with E-state index in [9.17, 15) is 9.59 Å². The van der Waals surface area contributed by atoms with Crippen LogP contribution >= 0.6 is 11.3 Å². The Bertz CT molecular complexity index is 1090. The maximum Gasteiger partial charge on any atom is 0.262 e. The van der Waals surface area contributed by atoms with Crippen molar-refractivity contribution in [1.29, 1.82) is 0 Å². The van der Waals surface area contributed by atoms with Gasteiger partial charge in [-0.25, -0.2) is 0 Å². The molecule has 6 nitrogen and oxygen atoms in total. The lowest BCUT2D eigenvalue weighted by Gasteiger charge is -2.14. The van der Waals surface area contributed by atoms with E-state index in [0.29, 0.717) is 28.6 Å². The van der Waals surface area contributed by atoms with Crippen LogP contribution in [-0.4, -0.2) is 25.5 Å². The smallest absolute Gasteiger partial charge is 0.262 e. The minimum Gasteiger partial charge on any atom is -0.493 e. The highest BCUT2D eigenvalue weighted by atomic mass is 32.1.